The molecule has 0 bridgehead atoms. The Morgan fingerprint density at radius 2 is 2.15 bits per heavy atom. The summed E-state index contributed by atoms with van der Waals surface area (Å²) in [6.07, 6.45) is 3.66. The van der Waals surface area contributed by atoms with E-state index in [2.05, 4.69) is 29.4 Å². The Kier molecular flexibility index (Phi) is 6.37. The van der Waals surface area contributed by atoms with Crippen LogP contribution in [0.3, 0.4) is 0 Å². The zero-order valence-electron chi connectivity index (χ0n) is 15.1. The summed E-state index contributed by atoms with van der Waals surface area (Å²) in [7, 11) is 0. The number of anilines is 1. The van der Waals surface area contributed by atoms with Crippen LogP contribution in [0, 0.1) is 5.92 Å². The van der Waals surface area contributed by atoms with Gasteiger partial charge >= 0.3 is 0 Å². The number of aromatic nitrogens is 2. The van der Waals surface area contributed by atoms with Gasteiger partial charge in [-0.25, -0.2) is 0 Å². The van der Waals surface area contributed by atoms with E-state index in [0.29, 0.717) is 24.1 Å². The molecule has 1 aliphatic rings. The number of hydrogen-bond donors (Lipinski definition) is 1. The van der Waals surface area contributed by atoms with Crippen LogP contribution < -0.4 is 5.32 Å². The highest BCUT2D eigenvalue weighted by atomic mass is 32.1. The van der Waals surface area contributed by atoms with Gasteiger partial charge in [0, 0.05) is 19.0 Å². The lowest BCUT2D eigenvalue weighted by molar-refractivity contribution is -0.121. The fraction of sp³-hybridized carbons (Fsp3) is 0.556. The summed E-state index contributed by atoms with van der Waals surface area (Å²) < 4.78 is 0. The molecule has 0 radical (unpaired) electrons. The largest absolute Gasteiger partial charge is 0.337 e. The molecule has 1 N–H and O–H groups in total. The third-order valence-corrected chi connectivity index (χ3v) is 6.68. The molecule has 140 valence electrons. The van der Waals surface area contributed by atoms with Crippen molar-refractivity contribution in [1.82, 2.24) is 15.1 Å². The molecule has 2 amide bonds. The number of carbonyl (C=O) groups is 2. The van der Waals surface area contributed by atoms with Crippen molar-refractivity contribution in [3.8, 4) is 0 Å². The van der Waals surface area contributed by atoms with Crippen molar-refractivity contribution in [2.75, 3.05) is 18.4 Å². The number of amides is 2. The minimum atomic E-state index is -0.201. The first-order chi connectivity index (χ1) is 12.6. The number of piperidine rings is 1. The van der Waals surface area contributed by atoms with E-state index in [-0.39, 0.29) is 17.7 Å². The Morgan fingerprint density at radius 3 is 2.85 bits per heavy atom. The van der Waals surface area contributed by atoms with Crippen molar-refractivity contribution < 1.29 is 9.59 Å². The molecule has 8 heteroatoms. The predicted molar refractivity (Wildman–Crippen MR) is 105 cm³/mol. The molecule has 1 saturated heterocycles. The van der Waals surface area contributed by atoms with Crippen LogP contribution in [0.4, 0.5) is 5.13 Å². The second-order valence-electron chi connectivity index (χ2n) is 6.52. The summed E-state index contributed by atoms with van der Waals surface area (Å²) in [5, 5.41) is 14.7. The van der Waals surface area contributed by atoms with Crippen LogP contribution in [0.2, 0.25) is 0 Å². The van der Waals surface area contributed by atoms with E-state index in [9.17, 15) is 9.59 Å². The minimum Gasteiger partial charge on any atom is -0.337 e. The Balaban J connectivity index is 1.60. The molecule has 0 saturated carbocycles. The topological polar surface area (TPSA) is 75.2 Å². The second-order valence-corrected chi connectivity index (χ2v) is 8.47. The summed E-state index contributed by atoms with van der Waals surface area (Å²) in [5.74, 6) is 0.144. The molecule has 1 unspecified atom stereocenters. The molecular formula is C18H24N4O2S2. The number of rotatable bonds is 6. The molecule has 0 aromatic carbocycles. The molecule has 2 aromatic rings. The quantitative estimate of drug-likeness (QED) is 0.806. The monoisotopic (exact) mass is 392 g/mol. The number of likely N-dealkylation sites (tertiary alicyclic amines) is 1. The van der Waals surface area contributed by atoms with Gasteiger partial charge < -0.3 is 10.2 Å². The summed E-state index contributed by atoms with van der Waals surface area (Å²) in [6, 6.07) is 3.70. The maximum absolute atomic E-state index is 12.6. The van der Waals surface area contributed by atoms with Crippen LogP contribution in [-0.4, -0.2) is 40.0 Å². The van der Waals surface area contributed by atoms with Crippen LogP contribution in [0.15, 0.2) is 17.5 Å². The number of carbonyl (C=O) groups excluding carboxylic acids is 2. The number of thiophene rings is 1. The molecule has 1 atom stereocenters. The van der Waals surface area contributed by atoms with Crippen LogP contribution in [0.5, 0.6) is 0 Å². The zero-order chi connectivity index (χ0) is 18.5. The van der Waals surface area contributed by atoms with Gasteiger partial charge in [0.15, 0.2) is 0 Å². The van der Waals surface area contributed by atoms with Crippen molar-refractivity contribution >= 4 is 39.6 Å². The highest BCUT2D eigenvalue weighted by molar-refractivity contribution is 7.15. The minimum absolute atomic E-state index is 0.0180. The van der Waals surface area contributed by atoms with Crippen molar-refractivity contribution in [3.05, 3.63) is 27.4 Å². The van der Waals surface area contributed by atoms with E-state index in [1.807, 2.05) is 17.5 Å². The van der Waals surface area contributed by atoms with Gasteiger partial charge in [0.1, 0.15) is 5.01 Å². The van der Waals surface area contributed by atoms with E-state index < -0.39 is 0 Å². The maximum atomic E-state index is 12.6. The highest BCUT2D eigenvalue weighted by Gasteiger charge is 2.30. The van der Waals surface area contributed by atoms with Crippen LogP contribution in [0.25, 0.3) is 0 Å². The fourth-order valence-corrected chi connectivity index (χ4v) is 4.93. The second kappa shape index (κ2) is 8.73. The molecule has 1 fully saturated rings. The van der Waals surface area contributed by atoms with Crippen molar-refractivity contribution in [1.29, 1.82) is 0 Å². The van der Waals surface area contributed by atoms with E-state index in [4.69, 9.17) is 0 Å². The van der Waals surface area contributed by atoms with E-state index in [1.165, 1.54) is 22.7 Å². The smallest absolute Gasteiger partial charge is 0.263 e. The normalized spacial score (nSPS) is 17.5. The summed E-state index contributed by atoms with van der Waals surface area (Å²) in [6.45, 7) is 5.43. The van der Waals surface area contributed by atoms with Gasteiger partial charge in [-0.2, -0.15) is 0 Å². The SMILES string of the molecule is CCC(CC)c1nnc(NC(=O)C2CCCN(C(=O)c3cccs3)C2)s1. The number of nitrogens with zero attached hydrogens (tertiary/aromatic N) is 3. The van der Waals surface area contributed by atoms with Crippen LogP contribution in [0.1, 0.15) is 60.1 Å². The standard InChI is InChI=1S/C18H24N4O2S2/c1-3-12(4-2)16-20-21-18(26-16)19-15(23)13-7-5-9-22(11-13)17(24)14-8-6-10-25-14/h6,8,10,12-13H,3-5,7,9,11H2,1-2H3,(H,19,21,23). The third-order valence-electron chi connectivity index (χ3n) is 4.82. The summed E-state index contributed by atoms with van der Waals surface area (Å²) >= 11 is 2.89. The van der Waals surface area contributed by atoms with Gasteiger partial charge in [-0.1, -0.05) is 31.3 Å². The first kappa shape index (κ1) is 19.0. The van der Waals surface area contributed by atoms with Crippen molar-refractivity contribution in [2.24, 2.45) is 5.92 Å². The van der Waals surface area contributed by atoms with Gasteiger partial charge in [0.05, 0.1) is 10.8 Å². The predicted octanol–water partition coefficient (Wildman–Crippen LogP) is 3.99. The average molecular weight is 393 g/mol. The van der Waals surface area contributed by atoms with Gasteiger partial charge in [-0.3, -0.25) is 9.59 Å². The lowest BCUT2D eigenvalue weighted by atomic mass is 9.97. The summed E-state index contributed by atoms with van der Waals surface area (Å²) in [5.41, 5.74) is 0. The lowest BCUT2D eigenvalue weighted by Crippen LogP contribution is -2.43. The molecule has 2 aromatic heterocycles. The van der Waals surface area contributed by atoms with Crippen molar-refractivity contribution in [2.45, 2.75) is 45.4 Å². The molecular weight excluding hydrogens is 368 g/mol. The first-order valence-electron chi connectivity index (χ1n) is 9.09. The average Bonchev–Trinajstić information content (AvgIpc) is 3.35. The van der Waals surface area contributed by atoms with Gasteiger partial charge in [0.25, 0.3) is 5.91 Å². The van der Waals surface area contributed by atoms with E-state index in [0.717, 1.165) is 35.6 Å². The van der Waals surface area contributed by atoms with Crippen molar-refractivity contribution in [3.63, 3.8) is 0 Å². The maximum Gasteiger partial charge on any atom is 0.263 e. The Labute approximate surface area is 161 Å². The number of nitrogens with one attached hydrogen (secondary N) is 1. The van der Waals surface area contributed by atoms with Crippen LogP contribution >= 0.6 is 22.7 Å². The van der Waals surface area contributed by atoms with E-state index in [1.54, 1.807) is 4.90 Å². The fourth-order valence-electron chi connectivity index (χ4n) is 3.23. The zero-order valence-corrected chi connectivity index (χ0v) is 16.7. The Morgan fingerprint density at radius 1 is 1.35 bits per heavy atom. The molecule has 6 nitrogen and oxygen atoms in total. The first-order valence-corrected chi connectivity index (χ1v) is 10.8. The molecule has 26 heavy (non-hydrogen) atoms. The van der Waals surface area contributed by atoms with Gasteiger partial charge in [0.2, 0.25) is 11.0 Å². The van der Waals surface area contributed by atoms with Gasteiger partial charge in [-0.15, -0.1) is 21.5 Å². The summed E-state index contributed by atoms with van der Waals surface area (Å²) in [4.78, 5) is 27.7. The van der Waals surface area contributed by atoms with Crippen LogP contribution in [-0.2, 0) is 4.79 Å². The van der Waals surface area contributed by atoms with Gasteiger partial charge in [-0.05, 0) is 37.1 Å². The molecule has 3 rings (SSSR count). The third kappa shape index (κ3) is 4.29. The molecule has 3 heterocycles. The Hall–Kier alpha value is -1.80. The number of hydrogen-bond acceptors (Lipinski definition) is 6. The molecule has 0 spiro atoms. The lowest BCUT2D eigenvalue weighted by Gasteiger charge is -2.31. The highest BCUT2D eigenvalue weighted by Crippen LogP contribution is 2.29. The Bertz CT molecular complexity index is 740. The van der Waals surface area contributed by atoms with E-state index >= 15 is 0 Å². The molecule has 1 aliphatic heterocycles. The molecule has 0 aliphatic carbocycles.